The molecule has 2 aliphatic rings. The van der Waals surface area contributed by atoms with Crippen molar-refractivity contribution in [1.82, 2.24) is 0 Å². The van der Waals surface area contributed by atoms with Gasteiger partial charge in [0.2, 0.25) is 0 Å². The summed E-state index contributed by atoms with van der Waals surface area (Å²) >= 11 is 0. The lowest BCUT2D eigenvalue weighted by molar-refractivity contribution is -0.215. The summed E-state index contributed by atoms with van der Waals surface area (Å²) < 4.78 is 23.0. The normalized spacial score (nSPS) is 34.4. The summed E-state index contributed by atoms with van der Waals surface area (Å²) in [6, 6.07) is 0. The Balaban J connectivity index is 1.57. The summed E-state index contributed by atoms with van der Waals surface area (Å²) in [6.07, 6.45) is 9.48. The van der Waals surface area contributed by atoms with Gasteiger partial charge in [0.25, 0.3) is 0 Å². The van der Waals surface area contributed by atoms with Gasteiger partial charge in [-0.2, -0.15) is 0 Å². The fourth-order valence-corrected chi connectivity index (χ4v) is 2.69. The summed E-state index contributed by atoms with van der Waals surface area (Å²) in [5.41, 5.74) is 0. The number of hydrogen-bond donors (Lipinski definition) is 0. The minimum absolute atomic E-state index is 0.0135. The van der Waals surface area contributed by atoms with Crippen LogP contribution in [0, 0.1) is 11.8 Å². The third-order valence-electron chi connectivity index (χ3n) is 4.01. The molecule has 0 radical (unpaired) electrons. The first-order valence-corrected chi connectivity index (χ1v) is 8.44. The molecule has 2 heterocycles. The molecule has 0 atom stereocenters. The Kier molecular flexibility index (Phi) is 7.72. The van der Waals surface area contributed by atoms with Gasteiger partial charge in [-0.15, -0.1) is 0 Å². The van der Waals surface area contributed by atoms with Gasteiger partial charge in [0, 0.05) is 11.8 Å². The van der Waals surface area contributed by atoms with E-state index in [-0.39, 0.29) is 12.6 Å². The Bertz CT molecular complexity index is 289. The third kappa shape index (κ3) is 6.07. The number of allylic oxidation sites excluding steroid dienone is 1. The molecule has 0 aromatic carbocycles. The van der Waals surface area contributed by atoms with Gasteiger partial charge >= 0.3 is 0 Å². The summed E-state index contributed by atoms with van der Waals surface area (Å²) in [4.78, 5) is 0. The second kappa shape index (κ2) is 9.57. The quantitative estimate of drug-likeness (QED) is 0.674. The highest BCUT2D eigenvalue weighted by Crippen LogP contribution is 2.22. The van der Waals surface area contributed by atoms with Gasteiger partial charge in [-0.3, -0.25) is 0 Å². The van der Waals surface area contributed by atoms with Crippen LogP contribution in [0.3, 0.4) is 0 Å². The molecule has 0 amide bonds. The highest BCUT2D eigenvalue weighted by Gasteiger charge is 2.25. The molecule has 2 aliphatic heterocycles. The first-order chi connectivity index (χ1) is 10.3. The Labute approximate surface area is 128 Å². The van der Waals surface area contributed by atoms with Crippen molar-refractivity contribution in [3.63, 3.8) is 0 Å². The predicted octanol–water partition coefficient (Wildman–Crippen LogP) is 3.51. The molecule has 0 aromatic rings. The van der Waals surface area contributed by atoms with Gasteiger partial charge in [0.1, 0.15) is 0 Å². The maximum Gasteiger partial charge on any atom is 0.157 e. The molecule has 0 aromatic heterocycles. The van der Waals surface area contributed by atoms with E-state index < -0.39 is 0 Å². The van der Waals surface area contributed by atoms with Crippen LogP contribution in [-0.4, -0.2) is 39.0 Å². The highest BCUT2D eigenvalue weighted by atomic mass is 16.7. The van der Waals surface area contributed by atoms with Crippen molar-refractivity contribution in [2.75, 3.05) is 26.4 Å². The zero-order valence-electron chi connectivity index (χ0n) is 13.5. The first kappa shape index (κ1) is 16.9. The molecule has 0 aliphatic carbocycles. The second-order valence-corrected chi connectivity index (χ2v) is 6.02. The van der Waals surface area contributed by atoms with Crippen LogP contribution in [0.2, 0.25) is 0 Å². The van der Waals surface area contributed by atoms with Crippen molar-refractivity contribution in [1.29, 1.82) is 0 Å². The average molecular weight is 298 g/mol. The molecule has 0 N–H and O–H groups in total. The number of ether oxygens (including phenoxy) is 4. The van der Waals surface area contributed by atoms with E-state index >= 15 is 0 Å². The van der Waals surface area contributed by atoms with E-state index in [1.807, 2.05) is 0 Å². The van der Waals surface area contributed by atoms with Crippen molar-refractivity contribution >= 4 is 0 Å². The Hall–Kier alpha value is -0.420. The molecule has 2 saturated heterocycles. The predicted molar refractivity (Wildman–Crippen MR) is 81.9 cm³/mol. The van der Waals surface area contributed by atoms with Crippen LogP contribution < -0.4 is 0 Å². The van der Waals surface area contributed by atoms with Crippen molar-refractivity contribution in [2.24, 2.45) is 11.8 Å². The molecule has 2 fully saturated rings. The van der Waals surface area contributed by atoms with Gasteiger partial charge in [-0.25, -0.2) is 0 Å². The maximum absolute atomic E-state index is 5.78. The topological polar surface area (TPSA) is 36.9 Å². The standard InChI is InChI=1S/C17H30O4/c1-3-5-7-14-10-20-17(21-11-14)9-8-15-12-18-16(6-4-2)19-13-15/h5,7,14-17H,3-4,6,8-13H2,1-2H3. The summed E-state index contributed by atoms with van der Waals surface area (Å²) in [6.45, 7) is 7.45. The number of hydrogen-bond acceptors (Lipinski definition) is 4. The van der Waals surface area contributed by atoms with E-state index in [4.69, 9.17) is 18.9 Å². The Morgan fingerprint density at radius 2 is 1.43 bits per heavy atom. The van der Waals surface area contributed by atoms with Gasteiger partial charge in [-0.05, 0) is 25.7 Å². The molecule has 0 unspecified atom stereocenters. The minimum atomic E-state index is -0.0513. The summed E-state index contributed by atoms with van der Waals surface area (Å²) in [7, 11) is 0. The highest BCUT2D eigenvalue weighted by molar-refractivity contribution is 4.88. The van der Waals surface area contributed by atoms with Crippen LogP contribution in [0.4, 0.5) is 0 Å². The van der Waals surface area contributed by atoms with E-state index in [1.165, 1.54) is 0 Å². The lowest BCUT2D eigenvalue weighted by Gasteiger charge is -2.32. The van der Waals surface area contributed by atoms with Gasteiger partial charge in [-0.1, -0.05) is 32.4 Å². The zero-order valence-corrected chi connectivity index (χ0v) is 13.5. The van der Waals surface area contributed by atoms with Crippen molar-refractivity contribution in [3.05, 3.63) is 12.2 Å². The van der Waals surface area contributed by atoms with E-state index in [0.29, 0.717) is 11.8 Å². The Morgan fingerprint density at radius 1 is 0.810 bits per heavy atom. The van der Waals surface area contributed by atoms with Gasteiger partial charge in [0.15, 0.2) is 12.6 Å². The molecular formula is C17H30O4. The zero-order chi connectivity index (χ0) is 14.9. The van der Waals surface area contributed by atoms with Crippen LogP contribution in [0.15, 0.2) is 12.2 Å². The smallest absolute Gasteiger partial charge is 0.157 e. The van der Waals surface area contributed by atoms with Crippen LogP contribution >= 0.6 is 0 Å². The lowest BCUT2D eigenvalue weighted by atomic mass is 10.0. The number of rotatable bonds is 7. The van der Waals surface area contributed by atoms with Gasteiger partial charge < -0.3 is 18.9 Å². The summed E-state index contributed by atoms with van der Waals surface area (Å²) in [5, 5.41) is 0. The fraction of sp³-hybridized carbons (Fsp3) is 0.882. The molecular weight excluding hydrogens is 268 g/mol. The second-order valence-electron chi connectivity index (χ2n) is 6.02. The third-order valence-corrected chi connectivity index (χ3v) is 4.01. The average Bonchev–Trinajstić information content (AvgIpc) is 2.53. The van der Waals surface area contributed by atoms with Crippen molar-refractivity contribution < 1.29 is 18.9 Å². The van der Waals surface area contributed by atoms with Crippen LogP contribution in [0.5, 0.6) is 0 Å². The molecule has 0 saturated carbocycles. The molecule has 4 heteroatoms. The van der Waals surface area contributed by atoms with Crippen molar-refractivity contribution in [2.45, 2.75) is 58.5 Å². The van der Waals surface area contributed by atoms with Crippen LogP contribution in [0.1, 0.15) is 46.0 Å². The van der Waals surface area contributed by atoms with E-state index in [9.17, 15) is 0 Å². The fourth-order valence-electron chi connectivity index (χ4n) is 2.69. The van der Waals surface area contributed by atoms with E-state index in [1.54, 1.807) is 0 Å². The van der Waals surface area contributed by atoms with E-state index in [2.05, 4.69) is 26.0 Å². The van der Waals surface area contributed by atoms with E-state index in [0.717, 1.165) is 58.5 Å². The Morgan fingerprint density at radius 3 is 2.05 bits per heavy atom. The van der Waals surface area contributed by atoms with Crippen molar-refractivity contribution in [3.8, 4) is 0 Å². The molecule has 122 valence electrons. The van der Waals surface area contributed by atoms with Crippen LogP contribution in [0.25, 0.3) is 0 Å². The first-order valence-electron chi connectivity index (χ1n) is 8.44. The largest absolute Gasteiger partial charge is 0.352 e. The molecule has 4 nitrogen and oxygen atoms in total. The maximum atomic E-state index is 5.78. The van der Waals surface area contributed by atoms with Crippen LogP contribution in [-0.2, 0) is 18.9 Å². The summed E-state index contributed by atoms with van der Waals surface area (Å²) in [5.74, 6) is 0.889. The molecule has 2 rings (SSSR count). The minimum Gasteiger partial charge on any atom is -0.352 e. The van der Waals surface area contributed by atoms with Gasteiger partial charge in [0.05, 0.1) is 26.4 Å². The monoisotopic (exact) mass is 298 g/mol. The molecule has 21 heavy (non-hydrogen) atoms. The molecule has 0 spiro atoms. The molecule has 0 bridgehead atoms. The SMILES string of the molecule is CCC=CC1COC(CCC2COC(CCC)OC2)OC1. The lowest BCUT2D eigenvalue weighted by Crippen LogP contribution is -2.34.